The van der Waals surface area contributed by atoms with Gasteiger partial charge in [0.2, 0.25) is 11.8 Å². The third-order valence-electron chi connectivity index (χ3n) is 3.49. The van der Waals surface area contributed by atoms with Gasteiger partial charge in [-0.3, -0.25) is 4.79 Å². The van der Waals surface area contributed by atoms with E-state index in [2.05, 4.69) is 15.5 Å². The number of carbonyl (C=O) groups excluding carboxylic acids is 1. The van der Waals surface area contributed by atoms with Gasteiger partial charge in [0.1, 0.15) is 0 Å². The fraction of sp³-hybridized carbons (Fsp3) is 0.167. The molecule has 128 valence electrons. The summed E-state index contributed by atoms with van der Waals surface area (Å²) in [4.78, 5) is 12.0. The normalized spacial score (nSPS) is 10.7. The highest BCUT2D eigenvalue weighted by Gasteiger charge is 2.11. The molecule has 3 aromatic rings. The van der Waals surface area contributed by atoms with Crippen LogP contribution in [0.25, 0.3) is 11.5 Å². The number of carbonyl (C=O) groups is 1. The fourth-order valence-electron chi connectivity index (χ4n) is 2.08. The van der Waals surface area contributed by atoms with Crippen molar-refractivity contribution in [3.8, 4) is 11.5 Å². The van der Waals surface area contributed by atoms with E-state index in [9.17, 15) is 4.79 Å². The van der Waals surface area contributed by atoms with Gasteiger partial charge >= 0.3 is 0 Å². The topological polar surface area (TPSA) is 68.0 Å². The molecule has 0 aliphatic rings. The lowest BCUT2D eigenvalue weighted by molar-refractivity contribution is -0.113. The predicted octanol–water partition coefficient (Wildman–Crippen LogP) is 4.74. The van der Waals surface area contributed by atoms with E-state index >= 15 is 0 Å². The zero-order valence-electron chi connectivity index (χ0n) is 13.7. The smallest absolute Gasteiger partial charge is 0.277 e. The first-order valence-electron chi connectivity index (χ1n) is 7.60. The molecule has 0 unspecified atom stereocenters. The lowest BCUT2D eigenvalue weighted by atomic mass is 10.1. The third kappa shape index (κ3) is 4.61. The highest BCUT2D eigenvalue weighted by molar-refractivity contribution is 7.99. The minimum Gasteiger partial charge on any atom is -0.411 e. The number of nitrogens with one attached hydrogen (secondary N) is 1. The number of amides is 1. The van der Waals surface area contributed by atoms with Crippen molar-refractivity contribution < 1.29 is 9.21 Å². The van der Waals surface area contributed by atoms with Crippen LogP contribution >= 0.6 is 23.4 Å². The number of hydrogen-bond acceptors (Lipinski definition) is 5. The Labute approximate surface area is 154 Å². The second-order valence-electron chi connectivity index (χ2n) is 5.54. The van der Waals surface area contributed by atoms with Crippen molar-refractivity contribution in [2.45, 2.75) is 19.1 Å². The van der Waals surface area contributed by atoms with E-state index in [1.54, 1.807) is 6.07 Å². The van der Waals surface area contributed by atoms with Crippen LogP contribution in [0.4, 0.5) is 5.69 Å². The summed E-state index contributed by atoms with van der Waals surface area (Å²) in [6, 6.07) is 13.2. The largest absolute Gasteiger partial charge is 0.411 e. The van der Waals surface area contributed by atoms with Gasteiger partial charge in [-0.1, -0.05) is 47.1 Å². The predicted molar refractivity (Wildman–Crippen MR) is 100 cm³/mol. The summed E-state index contributed by atoms with van der Waals surface area (Å²) in [6.45, 7) is 3.92. The van der Waals surface area contributed by atoms with Crippen molar-refractivity contribution in [1.82, 2.24) is 10.2 Å². The summed E-state index contributed by atoms with van der Waals surface area (Å²) in [7, 11) is 0. The molecule has 0 atom stereocenters. The first-order chi connectivity index (χ1) is 12.0. The maximum Gasteiger partial charge on any atom is 0.277 e. The van der Waals surface area contributed by atoms with Crippen LogP contribution in [-0.4, -0.2) is 21.9 Å². The van der Waals surface area contributed by atoms with Crippen molar-refractivity contribution in [3.05, 3.63) is 58.6 Å². The number of thioether (sulfide) groups is 1. The van der Waals surface area contributed by atoms with Crippen LogP contribution in [0.3, 0.4) is 0 Å². The van der Waals surface area contributed by atoms with E-state index in [0.717, 1.165) is 16.7 Å². The molecule has 25 heavy (non-hydrogen) atoms. The van der Waals surface area contributed by atoms with E-state index in [0.29, 0.717) is 21.8 Å². The Hall–Kier alpha value is -2.31. The molecule has 1 aromatic heterocycles. The number of aromatic nitrogens is 2. The van der Waals surface area contributed by atoms with E-state index in [1.165, 1.54) is 11.8 Å². The minimum absolute atomic E-state index is 0.167. The molecule has 0 spiro atoms. The number of hydrogen-bond donors (Lipinski definition) is 1. The fourth-order valence-corrected chi connectivity index (χ4v) is 2.82. The molecule has 0 radical (unpaired) electrons. The molecule has 0 saturated carbocycles. The average Bonchev–Trinajstić information content (AvgIpc) is 3.06. The Bertz CT molecular complexity index is 894. The van der Waals surface area contributed by atoms with Gasteiger partial charge in [-0.25, -0.2) is 0 Å². The summed E-state index contributed by atoms with van der Waals surface area (Å²) in [5.74, 6) is 0.439. The molecule has 5 nitrogen and oxygen atoms in total. The minimum atomic E-state index is -0.167. The molecule has 0 fully saturated rings. The molecular formula is C18H16ClN3O2S. The van der Waals surface area contributed by atoms with Crippen LogP contribution in [-0.2, 0) is 4.79 Å². The van der Waals surface area contributed by atoms with E-state index < -0.39 is 0 Å². The number of anilines is 1. The van der Waals surface area contributed by atoms with Crippen molar-refractivity contribution in [3.63, 3.8) is 0 Å². The second-order valence-corrected chi connectivity index (χ2v) is 6.87. The van der Waals surface area contributed by atoms with Crippen molar-refractivity contribution in [2.75, 3.05) is 11.1 Å². The van der Waals surface area contributed by atoms with Gasteiger partial charge < -0.3 is 9.73 Å². The molecule has 2 aromatic carbocycles. The lowest BCUT2D eigenvalue weighted by Crippen LogP contribution is -2.14. The third-order valence-corrected chi connectivity index (χ3v) is 4.71. The van der Waals surface area contributed by atoms with Crippen LogP contribution in [0.5, 0.6) is 0 Å². The molecule has 7 heteroatoms. The summed E-state index contributed by atoms with van der Waals surface area (Å²) < 4.78 is 5.58. The molecular weight excluding hydrogens is 358 g/mol. The zero-order valence-corrected chi connectivity index (χ0v) is 15.3. The Morgan fingerprint density at radius 2 is 1.92 bits per heavy atom. The number of benzene rings is 2. The Balaban J connectivity index is 1.57. The summed E-state index contributed by atoms with van der Waals surface area (Å²) >= 11 is 7.24. The van der Waals surface area contributed by atoms with Gasteiger partial charge in [-0.15, -0.1) is 10.2 Å². The lowest BCUT2D eigenvalue weighted by Gasteiger charge is -2.05. The van der Waals surface area contributed by atoms with E-state index in [4.69, 9.17) is 16.0 Å². The first-order valence-corrected chi connectivity index (χ1v) is 8.97. The van der Waals surface area contributed by atoms with Gasteiger partial charge in [-0.05, 0) is 43.7 Å². The van der Waals surface area contributed by atoms with Crippen molar-refractivity contribution in [1.29, 1.82) is 0 Å². The molecule has 1 N–H and O–H groups in total. The monoisotopic (exact) mass is 373 g/mol. The number of rotatable bonds is 5. The second kappa shape index (κ2) is 7.72. The van der Waals surface area contributed by atoms with Gasteiger partial charge in [0, 0.05) is 16.3 Å². The highest BCUT2D eigenvalue weighted by Crippen LogP contribution is 2.24. The van der Waals surface area contributed by atoms with Crippen LogP contribution in [0.1, 0.15) is 11.1 Å². The van der Waals surface area contributed by atoms with Gasteiger partial charge in [0.15, 0.2) is 0 Å². The number of nitrogens with zero attached hydrogens (tertiary/aromatic N) is 2. The molecule has 3 rings (SSSR count). The van der Waals surface area contributed by atoms with Gasteiger partial charge in [0.25, 0.3) is 5.22 Å². The summed E-state index contributed by atoms with van der Waals surface area (Å²) in [5.41, 5.74) is 3.63. The molecule has 0 aliphatic carbocycles. The summed E-state index contributed by atoms with van der Waals surface area (Å²) in [6.07, 6.45) is 0. The molecule has 0 bridgehead atoms. The quantitative estimate of drug-likeness (QED) is 0.654. The maximum absolute atomic E-state index is 12.0. The van der Waals surface area contributed by atoms with Crippen molar-refractivity contribution >= 4 is 35.0 Å². The number of aryl methyl sites for hydroxylation is 2. The van der Waals surface area contributed by atoms with Crippen molar-refractivity contribution in [2.24, 2.45) is 0 Å². The first kappa shape index (κ1) is 17.5. The molecule has 0 saturated heterocycles. The summed E-state index contributed by atoms with van der Waals surface area (Å²) in [5, 5.41) is 11.7. The van der Waals surface area contributed by atoms with Crippen LogP contribution in [0.15, 0.2) is 52.1 Å². The van der Waals surface area contributed by atoms with Crippen LogP contribution in [0, 0.1) is 13.8 Å². The van der Waals surface area contributed by atoms with E-state index in [1.807, 2.05) is 50.2 Å². The Morgan fingerprint density at radius 3 is 2.64 bits per heavy atom. The van der Waals surface area contributed by atoms with Crippen LogP contribution < -0.4 is 5.32 Å². The maximum atomic E-state index is 12.0. The molecule has 1 amide bonds. The van der Waals surface area contributed by atoms with E-state index in [-0.39, 0.29) is 11.7 Å². The average molecular weight is 374 g/mol. The highest BCUT2D eigenvalue weighted by atomic mass is 35.5. The van der Waals surface area contributed by atoms with Gasteiger partial charge in [-0.2, -0.15) is 0 Å². The standard InChI is InChI=1S/C18H16ClN3O2S/c1-11-3-6-13(7-4-11)17-21-22-18(24-17)25-10-16(23)20-14-8-5-12(2)15(19)9-14/h3-9H,10H2,1-2H3,(H,20,23). The zero-order chi connectivity index (χ0) is 17.8. The van der Waals surface area contributed by atoms with Crippen LogP contribution in [0.2, 0.25) is 5.02 Å². The molecule has 1 heterocycles. The Morgan fingerprint density at radius 1 is 1.16 bits per heavy atom. The Kier molecular flexibility index (Phi) is 5.40. The SMILES string of the molecule is Cc1ccc(-c2nnc(SCC(=O)Nc3ccc(C)c(Cl)c3)o2)cc1. The molecule has 0 aliphatic heterocycles. The van der Waals surface area contributed by atoms with Gasteiger partial charge in [0.05, 0.1) is 5.75 Å². The number of halogens is 1.